The first-order valence-corrected chi connectivity index (χ1v) is 6.24. The Kier molecular flexibility index (Phi) is 4.20. The molecule has 0 aliphatic rings. The molecule has 1 amide bonds. The number of nitrogen functional groups attached to an aromatic ring is 1. The van der Waals surface area contributed by atoms with E-state index >= 15 is 0 Å². The standard InChI is InChI=1S/C15H16FN3O/c16-13-9-11(15(18)20)3-6-14(13)19-8-7-10-1-4-12(17)5-2-10/h1-6,9,19H,7-8,17H2,(H2,18,20). The Bertz CT molecular complexity index is 611. The maximum absolute atomic E-state index is 13.7. The lowest BCUT2D eigenvalue weighted by molar-refractivity contribution is 0.1000. The minimum absolute atomic E-state index is 0.159. The number of hydrogen-bond acceptors (Lipinski definition) is 3. The fourth-order valence-corrected chi connectivity index (χ4v) is 1.84. The second-order valence-corrected chi connectivity index (χ2v) is 4.48. The van der Waals surface area contributed by atoms with Gasteiger partial charge in [-0.05, 0) is 42.3 Å². The number of nitrogens with two attached hydrogens (primary N) is 2. The zero-order valence-electron chi connectivity index (χ0n) is 10.9. The average molecular weight is 273 g/mol. The number of amides is 1. The number of hydrogen-bond donors (Lipinski definition) is 3. The molecule has 0 saturated carbocycles. The zero-order valence-corrected chi connectivity index (χ0v) is 10.9. The monoisotopic (exact) mass is 273 g/mol. The maximum Gasteiger partial charge on any atom is 0.248 e. The van der Waals surface area contributed by atoms with Gasteiger partial charge in [-0.2, -0.15) is 0 Å². The van der Waals surface area contributed by atoms with Gasteiger partial charge >= 0.3 is 0 Å². The van der Waals surface area contributed by atoms with Crippen LogP contribution in [0.2, 0.25) is 0 Å². The smallest absolute Gasteiger partial charge is 0.248 e. The molecule has 4 nitrogen and oxygen atoms in total. The van der Waals surface area contributed by atoms with Gasteiger partial charge in [-0.1, -0.05) is 12.1 Å². The summed E-state index contributed by atoms with van der Waals surface area (Å²) in [6, 6.07) is 11.7. The molecular formula is C15H16FN3O. The van der Waals surface area contributed by atoms with E-state index in [2.05, 4.69) is 5.32 Å². The minimum atomic E-state index is -0.641. The fourth-order valence-electron chi connectivity index (χ4n) is 1.84. The summed E-state index contributed by atoms with van der Waals surface area (Å²) in [6.07, 6.45) is 0.747. The molecule has 0 heterocycles. The van der Waals surface area contributed by atoms with E-state index < -0.39 is 11.7 Å². The SMILES string of the molecule is NC(=O)c1ccc(NCCc2ccc(N)cc2)c(F)c1. The highest BCUT2D eigenvalue weighted by atomic mass is 19.1. The number of halogens is 1. The molecule has 0 aromatic heterocycles. The molecule has 104 valence electrons. The van der Waals surface area contributed by atoms with Crippen molar-refractivity contribution in [3.8, 4) is 0 Å². The van der Waals surface area contributed by atoms with Crippen LogP contribution < -0.4 is 16.8 Å². The lowest BCUT2D eigenvalue weighted by Crippen LogP contribution is -2.12. The van der Waals surface area contributed by atoms with Crippen molar-refractivity contribution in [3.63, 3.8) is 0 Å². The molecule has 0 radical (unpaired) electrons. The van der Waals surface area contributed by atoms with Crippen molar-refractivity contribution in [1.82, 2.24) is 0 Å². The number of rotatable bonds is 5. The largest absolute Gasteiger partial charge is 0.399 e. The van der Waals surface area contributed by atoms with Gasteiger partial charge in [0.1, 0.15) is 5.82 Å². The molecule has 2 aromatic carbocycles. The Labute approximate surface area is 116 Å². The molecule has 0 unspecified atom stereocenters. The summed E-state index contributed by atoms with van der Waals surface area (Å²) in [6.45, 7) is 0.580. The normalized spacial score (nSPS) is 10.2. The van der Waals surface area contributed by atoms with Crippen LogP contribution in [0.4, 0.5) is 15.8 Å². The Morgan fingerprint density at radius 2 is 1.85 bits per heavy atom. The number of anilines is 2. The summed E-state index contributed by atoms with van der Waals surface area (Å²) in [7, 11) is 0. The molecule has 0 atom stereocenters. The summed E-state index contributed by atoms with van der Waals surface area (Å²) in [5.74, 6) is -1.13. The molecule has 0 spiro atoms. The van der Waals surface area contributed by atoms with Crippen molar-refractivity contribution in [1.29, 1.82) is 0 Å². The third-order valence-corrected chi connectivity index (χ3v) is 2.96. The number of nitrogens with one attached hydrogen (secondary N) is 1. The molecule has 0 saturated heterocycles. The maximum atomic E-state index is 13.7. The number of carbonyl (C=O) groups excluding carboxylic acids is 1. The molecule has 5 heteroatoms. The summed E-state index contributed by atoms with van der Waals surface area (Å²) >= 11 is 0. The van der Waals surface area contributed by atoms with E-state index in [1.165, 1.54) is 12.1 Å². The third-order valence-electron chi connectivity index (χ3n) is 2.96. The van der Waals surface area contributed by atoms with Gasteiger partial charge < -0.3 is 16.8 Å². The molecule has 20 heavy (non-hydrogen) atoms. The van der Waals surface area contributed by atoms with Crippen molar-refractivity contribution in [2.75, 3.05) is 17.6 Å². The highest BCUT2D eigenvalue weighted by Gasteiger charge is 2.06. The van der Waals surface area contributed by atoms with E-state index in [1.54, 1.807) is 0 Å². The van der Waals surface area contributed by atoms with Crippen LogP contribution in [0.1, 0.15) is 15.9 Å². The summed E-state index contributed by atoms with van der Waals surface area (Å²) in [4.78, 5) is 10.9. The molecule has 0 fully saturated rings. The van der Waals surface area contributed by atoms with Crippen LogP contribution in [0.25, 0.3) is 0 Å². The van der Waals surface area contributed by atoms with E-state index in [1.807, 2.05) is 24.3 Å². The fraction of sp³-hybridized carbons (Fsp3) is 0.133. The lowest BCUT2D eigenvalue weighted by atomic mass is 10.1. The van der Waals surface area contributed by atoms with Crippen molar-refractivity contribution >= 4 is 17.3 Å². The van der Waals surface area contributed by atoms with Gasteiger partial charge in [0.25, 0.3) is 0 Å². The van der Waals surface area contributed by atoms with Gasteiger partial charge in [0.2, 0.25) is 5.91 Å². The van der Waals surface area contributed by atoms with Crippen LogP contribution in [0.5, 0.6) is 0 Å². The van der Waals surface area contributed by atoms with E-state index in [9.17, 15) is 9.18 Å². The summed E-state index contributed by atoms with van der Waals surface area (Å²) < 4.78 is 13.7. The second-order valence-electron chi connectivity index (χ2n) is 4.48. The molecule has 0 aliphatic carbocycles. The molecule has 5 N–H and O–H groups in total. The van der Waals surface area contributed by atoms with Crippen LogP contribution in [-0.4, -0.2) is 12.5 Å². The van der Waals surface area contributed by atoms with Crippen molar-refractivity contribution in [2.45, 2.75) is 6.42 Å². The highest BCUT2D eigenvalue weighted by molar-refractivity contribution is 5.93. The minimum Gasteiger partial charge on any atom is -0.399 e. The first-order valence-electron chi connectivity index (χ1n) is 6.24. The molecule has 0 aliphatic heterocycles. The van der Waals surface area contributed by atoms with Gasteiger partial charge in [0.15, 0.2) is 0 Å². The lowest BCUT2D eigenvalue weighted by Gasteiger charge is -2.08. The Morgan fingerprint density at radius 3 is 2.45 bits per heavy atom. The quantitative estimate of drug-likeness (QED) is 0.730. The molecular weight excluding hydrogens is 257 g/mol. The van der Waals surface area contributed by atoms with E-state index in [4.69, 9.17) is 11.5 Å². The van der Waals surface area contributed by atoms with Crippen LogP contribution in [0, 0.1) is 5.82 Å². The Balaban J connectivity index is 1.94. The van der Waals surface area contributed by atoms with Gasteiger partial charge in [0.05, 0.1) is 5.69 Å². The average Bonchev–Trinajstić information content (AvgIpc) is 2.42. The number of benzene rings is 2. The second kappa shape index (κ2) is 6.06. The van der Waals surface area contributed by atoms with Crippen LogP contribution >= 0.6 is 0 Å². The summed E-state index contributed by atoms with van der Waals surface area (Å²) in [5, 5.41) is 2.98. The molecule has 2 rings (SSSR count). The van der Waals surface area contributed by atoms with E-state index in [0.717, 1.165) is 23.7 Å². The number of carbonyl (C=O) groups is 1. The van der Waals surface area contributed by atoms with Gasteiger partial charge in [-0.15, -0.1) is 0 Å². The first kappa shape index (κ1) is 13.9. The van der Waals surface area contributed by atoms with Crippen molar-refractivity contribution in [2.24, 2.45) is 5.73 Å². The van der Waals surface area contributed by atoms with Crippen LogP contribution in [-0.2, 0) is 6.42 Å². The van der Waals surface area contributed by atoms with E-state index in [-0.39, 0.29) is 5.56 Å². The topological polar surface area (TPSA) is 81.1 Å². The molecule has 2 aromatic rings. The number of primary amides is 1. The zero-order chi connectivity index (χ0) is 14.5. The van der Waals surface area contributed by atoms with Gasteiger partial charge in [-0.3, -0.25) is 4.79 Å². The van der Waals surface area contributed by atoms with Gasteiger partial charge in [0, 0.05) is 17.8 Å². The van der Waals surface area contributed by atoms with Crippen LogP contribution in [0.3, 0.4) is 0 Å². The van der Waals surface area contributed by atoms with E-state index in [0.29, 0.717) is 12.2 Å². The third kappa shape index (κ3) is 3.47. The highest BCUT2D eigenvalue weighted by Crippen LogP contribution is 2.15. The Morgan fingerprint density at radius 1 is 1.15 bits per heavy atom. The predicted molar refractivity (Wildman–Crippen MR) is 78.0 cm³/mol. The summed E-state index contributed by atoms with van der Waals surface area (Å²) in [5.41, 5.74) is 13.0. The van der Waals surface area contributed by atoms with Gasteiger partial charge in [-0.25, -0.2) is 4.39 Å². The van der Waals surface area contributed by atoms with Crippen molar-refractivity contribution in [3.05, 3.63) is 59.4 Å². The van der Waals surface area contributed by atoms with Crippen molar-refractivity contribution < 1.29 is 9.18 Å². The predicted octanol–water partition coefficient (Wildman–Crippen LogP) is 2.16. The molecule has 0 bridgehead atoms. The Hall–Kier alpha value is -2.56. The van der Waals surface area contributed by atoms with Crippen LogP contribution in [0.15, 0.2) is 42.5 Å². The first-order chi connectivity index (χ1) is 9.56.